The molecule has 108 valence electrons. The Balaban J connectivity index is 2.35. The van der Waals surface area contributed by atoms with Crippen molar-refractivity contribution < 1.29 is 14.7 Å². The van der Waals surface area contributed by atoms with Crippen LogP contribution in [0.2, 0.25) is 0 Å². The number of carboxylic acid groups (broad SMARTS) is 1. The molecule has 0 aliphatic rings. The van der Waals surface area contributed by atoms with Crippen molar-refractivity contribution in [2.75, 3.05) is 11.4 Å². The summed E-state index contributed by atoms with van der Waals surface area (Å²) in [5.74, 6) is -1.29. The van der Waals surface area contributed by atoms with Crippen molar-refractivity contribution in [2.24, 2.45) is 0 Å². The number of aromatic nitrogens is 1. The molecule has 0 aliphatic heterocycles. The van der Waals surface area contributed by atoms with E-state index in [2.05, 4.69) is 4.98 Å². The van der Waals surface area contributed by atoms with E-state index in [9.17, 15) is 9.59 Å². The van der Waals surface area contributed by atoms with Gasteiger partial charge in [0.15, 0.2) is 0 Å². The molecule has 2 aromatic rings. The van der Waals surface area contributed by atoms with Crippen LogP contribution in [-0.4, -0.2) is 28.5 Å². The molecule has 1 amide bonds. The van der Waals surface area contributed by atoms with Gasteiger partial charge in [-0.15, -0.1) is 0 Å². The number of para-hydroxylation sites is 1. The largest absolute Gasteiger partial charge is 0.478 e. The van der Waals surface area contributed by atoms with E-state index < -0.39 is 5.97 Å². The maximum atomic E-state index is 12.5. The van der Waals surface area contributed by atoms with E-state index in [4.69, 9.17) is 5.11 Å². The summed E-state index contributed by atoms with van der Waals surface area (Å²) in [4.78, 5) is 29.2. The number of hydrogen-bond donors (Lipinski definition) is 1. The maximum Gasteiger partial charge on any atom is 0.337 e. The highest BCUT2D eigenvalue weighted by molar-refractivity contribution is 6.05. The highest BCUT2D eigenvalue weighted by Gasteiger charge is 2.19. The lowest BCUT2D eigenvalue weighted by atomic mass is 10.1. The lowest BCUT2D eigenvalue weighted by Gasteiger charge is -2.20. The number of carbonyl (C=O) groups excluding carboxylic acids is 1. The number of rotatable bonds is 4. The van der Waals surface area contributed by atoms with Crippen molar-refractivity contribution in [3.05, 3.63) is 59.4 Å². The van der Waals surface area contributed by atoms with Crippen LogP contribution in [0.25, 0.3) is 0 Å². The normalized spacial score (nSPS) is 10.2. The second-order valence-electron chi connectivity index (χ2n) is 4.52. The third kappa shape index (κ3) is 3.08. The second-order valence-corrected chi connectivity index (χ2v) is 4.52. The SMILES string of the molecule is CCN(C(=O)c1ccc(C(=O)O)c(C)n1)c1ccccc1. The Morgan fingerprint density at radius 2 is 1.81 bits per heavy atom. The fraction of sp³-hybridized carbons (Fsp3) is 0.188. The molecule has 1 N–H and O–H groups in total. The van der Waals surface area contributed by atoms with Crippen LogP contribution in [0.5, 0.6) is 0 Å². The summed E-state index contributed by atoms with van der Waals surface area (Å²) in [7, 11) is 0. The average Bonchev–Trinajstić information content (AvgIpc) is 2.48. The van der Waals surface area contributed by atoms with Gasteiger partial charge in [-0.1, -0.05) is 18.2 Å². The third-order valence-electron chi connectivity index (χ3n) is 3.16. The summed E-state index contributed by atoms with van der Waals surface area (Å²) in [6.07, 6.45) is 0. The molecule has 0 atom stereocenters. The van der Waals surface area contributed by atoms with Gasteiger partial charge in [0.25, 0.3) is 5.91 Å². The highest BCUT2D eigenvalue weighted by atomic mass is 16.4. The summed E-state index contributed by atoms with van der Waals surface area (Å²) in [6, 6.07) is 12.2. The average molecular weight is 284 g/mol. The van der Waals surface area contributed by atoms with Crippen molar-refractivity contribution in [2.45, 2.75) is 13.8 Å². The zero-order chi connectivity index (χ0) is 15.4. The van der Waals surface area contributed by atoms with Crippen molar-refractivity contribution in [3.63, 3.8) is 0 Å². The molecule has 0 fully saturated rings. The lowest BCUT2D eigenvalue weighted by Crippen LogP contribution is -2.31. The van der Waals surface area contributed by atoms with Crippen LogP contribution in [0.4, 0.5) is 5.69 Å². The molecule has 0 spiro atoms. The van der Waals surface area contributed by atoms with Gasteiger partial charge in [-0.25, -0.2) is 9.78 Å². The summed E-state index contributed by atoms with van der Waals surface area (Å²) < 4.78 is 0. The maximum absolute atomic E-state index is 12.5. The molecule has 1 heterocycles. The molecular formula is C16H16N2O3. The Morgan fingerprint density at radius 1 is 1.14 bits per heavy atom. The third-order valence-corrected chi connectivity index (χ3v) is 3.16. The van der Waals surface area contributed by atoms with Gasteiger partial charge in [-0.3, -0.25) is 4.79 Å². The molecule has 5 heteroatoms. The van der Waals surface area contributed by atoms with Gasteiger partial charge in [-0.2, -0.15) is 0 Å². The number of carboxylic acids is 1. The number of carbonyl (C=O) groups is 2. The first-order chi connectivity index (χ1) is 10.0. The van der Waals surface area contributed by atoms with E-state index in [0.29, 0.717) is 12.2 Å². The molecule has 0 saturated heterocycles. The van der Waals surface area contributed by atoms with Crippen molar-refractivity contribution in [1.82, 2.24) is 4.98 Å². The summed E-state index contributed by atoms with van der Waals surface area (Å²) in [5.41, 5.74) is 1.46. The standard InChI is InChI=1S/C16H16N2O3/c1-3-18(12-7-5-4-6-8-12)15(19)14-10-9-13(16(20)21)11(2)17-14/h4-10H,3H2,1-2H3,(H,20,21). The van der Waals surface area contributed by atoms with Crippen LogP contribution in [0, 0.1) is 6.92 Å². The molecule has 0 bridgehead atoms. The fourth-order valence-electron chi connectivity index (χ4n) is 2.10. The molecule has 1 aromatic heterocycles. The first-order valence-corrected chi connectivity index (χ1v) is 6.62. The van der Waals surface area contributed by atoms with E-state index in [1.165, 1.54) is 12.1 Å². The first-order valence-electron chi connectivity index (χ1n) is 6.62. The van der Waals surface area contributed by atoms with Crippen LogP contribution in [0.3, 0.4) is 0 Å². The minimum Gasteiger partial charge on any atom is -0.478 e. The number of aromatic carboxylic acids is 1. The summed E-state index contributed by atoms with van der Waals surface area (Å²) >= 11 is 0. The fourth-order valence-corrected chi connectivity index (χ4v) is 2.10. The Morgan fingerprint density at radius 3 is 2.33 bits per heavy atom. The van der Waals surface area contributed by atoms with Gasteiger partial charge < -0.3 is 10.0 Å². The van der Waals surface area contributed by atoms with Crippen LogP contribution < -0.4 is 4.90 Å². The Kier molecular flexibility index (Phi) is 4.33. The van der Waals surface area contributed by atoms with Gasteiger partial charge in [-0.05, 0) is 38.1 Å². The van der Waals surface area contributed by atoms with Crippen LogP contribution in [0.15, 0.2) is 42.5 Å². The summed E-state index contributed by atoms with van der Waals surface area (Å²) in [6.45, 7) is 3.96. The zero-order valence-corrected chi connectivity index (χ0v) is 11.9. The predicted molar refractivity (Wildman–Crippen MR) is 79.7 cm³/mol. The Labute approximate surface area is 122 Å². The molecular weight excluding hydrogens is 268 g/mol. The van der Waals surface area contributed by atoms with E-state index in [0.717, 1.165) is 5.69 Å². The van der Waals surface area contributed by atoms with E-state index >= 15 is 0 Å². The minimum absolute atomic E-state index is 0.106. The molecule has 0 unspecified atom stereocenters. The molecule has 0 aliphatic carbocycles. The van der Waals surface area contributed by atoms with Gasteiger partial charge in [0, 0.05) is 12.2 Å². The molecule has 1 aromatic carbocycles. The van der Waals surface area contributed by atoms with Gasteiger partial charge in [0.1, 0.15) is 5.69 Å². The highest BCUT2D eigenvalue weighted by Crippen LogP contribution is 2.16. The second kappa shape index (κ2) is 6.17. The molecule has 0 saturated carbocycles. The van der Waals surface area contributed by atoms with E-state index in [1.54, 1.807) is 11.8 Å². The Bertz CT molecular complexity index is 668. The Hall–Kier alpha value is -2.69. The van der Waals surface area contributed by atoms with E-state index in [1.807, 2.05) is 37.3 Å². The van der Waals surface area contributed by atoms with Gasteiger partial charge in [0.2, 0.25) is 0 Å². The smallest absolute Gasteiger partial charge is 0.337 e. The number of benzene rings is 1. The van der Waals surface area contributed by atoms with Crippen molar-refractivity contribution in [3.8, 4) is 0 Å². The van der Waals surface area contributed by atoms with Crippen LogP contribution >= 0.6 is 0 Å². The summed E-state index contributed by atoms with van der Waals surface area (Å²) in [5, 5.41) is 8.99. The molecule has 21 heavy (non-hydrogen) atoms. The van der Waals surface area contributed by atoms with Crippen molar-refractivity contribution >= 4 is 17.6 Å². The first kappa shape index (κ1) is 14.7. The van der Waals surface area contributed by atoms with Gasteiger partial charge in [0.05, 0.1) is 11.3 Å². The number of anilines is 1. The monoisotopic (exact) mass is 284 g/mol. The molecule has 5 nitrogen and oxygen atoms in total. The predicted octanol–water partition coefficient (Wildman–Crippen LogP) is 2.75. The van der Waals surface area contributed by atoms with Gasteiger partial charge >= 0.3 is 5.97 Å². The number of hydrogen-bond acceptors (Lipinski definition) is 3. The molecule has 0 radical (unpaired) electrons. The topological polar surface area (TPSA) is 70.5 Å². The van der Waals surface area contributed by atoms with E-state index in [-0.39, 0.29) is 17.2 Å². The van der Waals surface area contributed by atoms with Crippen LogP contribution in [-0.2, 0) is 0 Å². The number of pyridine rings is 1. The zero-order valence-electron chi connectivity index (χ0n) is 11.9. The lowest BCUT2D eigenvalue weighted by molar-refractivity contribution is 0.0695. The molecule has 2 rings (SSSR count). The number of amides is 1. The minimum atomic E-state index is -1.05. The number of nitrogens with zero attached hydrogens (tertiary/aromatic N) is 2. The number of aryl methyl sites for hydroxylation is 1. The van der Waals surface area contributed by atoms with Crippen LogP contribution in [0.1, 0.15) is 33.5 Å². The quantitative estimate of drug-likeness (QED) is 0.937. The van der Waals surface area contributed by atoms with Crippen molar-refractivity contribution in [1.29, 1.82) is 0 Å².